The van der Waals surface area contributed by atoms with Crippen molar-refractivity contribution in [2.75, 3.05) is 12.3 Å². The van der Waals surface area contributed by atoms with Gasteiger partial charge in [-0.3, -0.25) is 0 Å². The molecule has 2 aromatic rings. The molecule has 0 unspecified atom stereocenters. The molecule has 2 aromatic heterocycles. The van der Waals surface area contributed by atoms with Crippen LogP contribution in [0.1, 0.15) is 24.6 Å². The summed E-state index contributed by atoms with van der Waals surface area (Å²) in [6, 6.07) is 2.04. The molecule has 0 saturated carbocycles. The second-order valence-electron chi connectivity index (χ2n) is 3.66. The summed E-state index contributed by atoms with van der Waals surface area (Å²) < 4.78 is 5.63. The van der Waals surface area contributed by atoms with Crippen LogP contribution in [0.2, 0.25) is 0 Å². The molecule has 2 heterocycles. The first kappa shape index (κ1) is 11.1. The predicted molar refractivity (Wildman–Crippen MR) is 67.0 cm³/mol. The molecular formula is C11H15N3OS. The molecule has 0 aliphatic heterocycles. The highest BCUT2D eigenvalue weighted by atomic mass is 32.1. The molecule has 16 heavy (non-hydrogen) atoms. The van der Waals surface area contributed by atoms with Crippen LogP contribution in [0.15, 0.2) is 6.07 Å². The number of ether oxygens (including phenoxy) is 1. The van der Waals surface area contributed by atoms with Crippen LogP contribution in [0, 0.1) is 6.92 Å². The van der Waals surface area contributed by atoms with Gasteiger partial charge in [0.2, 0.25) is 11.8 Å². The van der Waals surface area contributed by atoms with Crippen molar-refractivity contribution in [1.29, 1.82) is 0 Å². The zero-order valence-corrected chi connectivity index (χ0v) is 10.3. The first-order valence-corrected chi connectivity index (χ1v) is 6.19. The van der Waals surface area contributed by atoms with Gasteiger partial charge in [-0.2, -0.15) is 4.98 Å². The van der Waals surface area contributed by atoms with Gasteiger partial charge in [0.05, 0.1) is 12.0 Å². The van der Waals surface area contributed by atoms with Gasteiger partial charge >= 0.3 is 0 Å². The minimum Gasteiger partial charge on any atom is -0.477 e. The van der Waals surface area contributed by atoms with Gasteiger partial charge in [0, 0.05) is 4.88 Å². The van der Waals surface area contributed by atoms with E-state index in [-0.39, 0.29) is 5.95 Å². The zero-order valence-electron chi connectivity index (χ0n) is 9.49. The smallest absolute Gasteiger partial charge is 0.227 e. The Bertz CT molecular complexity index is 495. The minimum atomic E-state index is 0.279. The molecule has 2 N–H and O–H groups in total. The summed E-state index contributed by atoms with van der Waals surface area (Å²) in [6.45, 7) is 4.84. The maximum Gasteiger partial charge on any atom is 0.227 e. The van der Waals surface area contributed by atoms with Crippen LogP contribution in [-0.2, 0) is 0 Å². The Morgan fingerprint density at radius 1 is 1.44 bits per heavy atom. The first-order valence-electron chi connectivity index (χ1n) is 5.37. The summed E-state index contributed by atoms with van der Waals surface area (Å²) in [7, 11) is 0. The number of aromatic nitrogens is 2. The quantitative estimate of drug-likeness (QED) is 0.831. The van der Waals surface area contributed by atoms with Crippen LogP contribution in [0.4, 0.5) is 5.95 Å². The Kier molecular flexibility index (Phi) is 3.24. The van der Waals surface area contributed by atoms with E-state index in [1.807, 2.05) is 13.0 Å². The summed E-state index contributed by atoms with van der Waals surface area (Å²) in [4.78, 5) is 10.4. The Morgan fingerprint density at radius 3 is 3.00 bits per heavy atom. The zero-order chi connectivity index (χ0) is 11.5. The number of nitrogens with two attached hydrogens (primary N) is 1. The average molecular weight is 237 g/mol. The number of aryl methyl sites for hydroxylation is 1. The van der Waals surface area contributed by atoms with E-state index < -0.39 is 0 Å². The highest BCUT2D eigenvalue weighted by molar-refractivity contribution is 7.18. The van der Waals surface area contributed by atoms with Crippen molar-refractivity contribution < 1.29 is 4.74 Å². The molecule has 0 atom stereocenters. The van der Waals surface area contributed by atoms with Gasteiger partial charge in [-0.05, 0) is 19.4 Å². The number of fused-ring (bicyclic) bond motifs is 1. The van der Waals surface area contributed by atoms with Crippen LogP contribution in [0.5, 0.6) is 5.88 Å². The molecule has 0 fully saturated rings. The Labute approximate surface area is 98.5 Å². The topological polar surface area (TPSA) is 61.0 Å². The maximum atomic E-state index is 5.64. The Morgan fingerprint density at radius 2 is 2.25 bits per heavy atom. The molecule has 5 heteroatoms. The van der Waals surface area contributed by atoms with Gasteiger partial charge in [0.25, 0.3) is 0 Å². The highest BCUT2D eigenvalue weighted by Gasteiger charge is 2.09. The molecule has 0 amide bonds. The van der Waals surface area contributed by atoms with E-state index in [4.69, 9.17) is 10.5 Å². The van der Waals surface area contributed by atoms with Crippen molar-refractivity contribution in [1.82, 2.24) is 9.97 Å². The number of thiophene rings is 1. The van der Waals surface area contributed by atoms with E-state index in [1.54, 1.807) is 11.3 Å². The van der Waals surface area contributed by atoms with Crippen LogP contribution in [0.3, 0.4) is 0 Å². The SMILES string of the molecule is CCCCOc1nc(N)nc2sc(C)cc12. The predicted octanol–water partition coefficient (Wildman–Crippen LogP) is 2.76. The van der Waals surface area contributed by atoms with Gasteiger partial charge in [-0.1, -0.05) is 13.3 Å². The van der Waals surface area contributed by atoms with Crippen molar-refractivity contribution >= 4 is 27.5 Å². The first-order chi connectivity index (χ1) is 7.70. The monoisotopic (exact) mass is 237 g/mol. The third kappa shape index (κ3) is 2.24. The summed E-state index contributed by atoms with van der Waals surface area (Å²) >= 11 is 1.61. The van der Waals surface area contributed by atoms with Crippen LogP contribution in [0.25, 0.3) is 10.2 Å². The molecule has 0 bridgehead atoms. The molecule has 0 aliphatic carbocycles. The van der Waals surface area contributed by atoms with E-state index in [0.717, 1.165) is 23.1 Å². The van der Waals surface area contributed by atoms with Crippen molar-refractivity contribution in [3.05, 3.63) is 10.9 Å². The number of nitrogen functional groups attached to an aromatic ring is 1. The normalized spacial score (nSPS) is 10.9. The lowest BCUT2D eigenvalue weighted by Gasteiger charge is -2.05. The molecular weight excluding hydrogens is 222 g/mol. The highest BCUT2D eigenvalue weighted by Crippen LogP contribution is 2.30. The van der Waals surface area contributed by atoms with E-state index in [0.29, 0.717) is 12.5 Å². The van der Waals surface area contributed by atoms with Gasteiger partial charge < -0.3 is 10.5 Å². The molecule has 0 aliphatic rings. The van der Waals surface area contributed by atoms with Gasteiger partial charge in [0.1, 0.15) is 4.83 Å². The Hall–Kier alpha value is -1.36. The van der Waals surface area contributed by atoms with Crippen molar-refractivity contribution in [2.45, 2.75) is 26.7 Å². The van der Waals surface area contributed by atoms with Crippen molar-refractivity contribution in [3.63, 3.8) is 0 Å². The van der Waals surface area contributed by atoms with Gasteiger partial charge in [-0.25, -0.2) is 4.98 Å². The number of hydrogen-bond acceptors (Lipinski definition) is 5. The summed E-state index contributed by atoms with van der Waals surface area (Å²) in [5.74, 6) is 0.890. The fraction of sp³-hybridized carbons (Fsp3) is 0.455. The third-order valence-electron chi connectivity index (χ3n) is 2.23. The molecule has 2 rings (SSSR count). The van der Waals surface area contributed by atoms with Crippen LogP contribution in [-0.4, -0.2) is 16.6 Å². The standard InChI is InChI=1S/C11H15N3OS/c1-3-4-5-15-9-8-6-7(2)16-10(8)14-11(12)13-9/h6H,3-5H2,1-2H3,(H2,12,13,14). The third-order valence-corrected chi connectivity index (χ3v) is 3.18. The molecule has 0 saturated heterocycles. The number of hydrogen-bond donors (Lipinski definition) is 1. The lowest BCUT2D eigenvalue weighted by atomic mass is 10.3. The number of anilines is 1. The lowest BCUT2D eigenvalue weighted by Crippen LogP contribution is -2.02. The summed E-state index contributed by atoms with van der Waals surface area (Å²) in [6.07, 6.45) is 2.13. The van der Waals surface area contributed by atoms with Gasteiger partial charge in [-0.15, -0.1) is 11.3 Å². The van der Waals surface area contributed by atoms with Crippen molar-refractivity contribution in [2.24, 2.45) is 0 Å². The molecule has 0 aromatic carbocycles. The second kappa shape index (κ2) is 4.65. The van der Waals surface area contributed by atoms with Gasteiger partial charge in [0.15, 0.2) is 0 Å². The van der Waals surface area contributed by atoms with E-state index >= 15 is 0 Å². The summed E-state index contributed by atoms with van der Waals surface area (Å²) in [5.41, 5.74) is 5.64. The Balaban J connectivity index is 2.34. The van der Waals surface area contributed by atoms with E-state index in [9.17, 15) is 0 Å². The fourth-order valence-electron chi connectivity index (χ4n) is 1.45. The molecule has 0 radical (unpaired) electrons. The van der Waals surface area contributed by atoms with Crippen molar-refractivity contribution in [3.8, 4) is 5.88 Å². The number of rotatable bonds is 4. The fourth-order valence-corrected chi connectivity index (χ4v) is 2.33. The van der Waals surface area contributed by atoms with E-state index in [2.05, 4.69) is 16.9 Å². The molecule has 86 valence electrons. The number of nitrogens with zero attached hydrogens (tertiary/aromatic N) is 2. The lowest BCUT2D eigenvalue weighted by molar-refractivity contribution is 0.302. The van der Waals surface area contributed by atoms with E-state index in [1.165, 1.54) is 4.88 Å². The molecule has 4 nitrogen and oxygen atoms in total. The second-order valence-corrected chi connectivity index (χ2v) is 4.90. The minimum absolute atomic E-state index is 0.279. The largest absolute Gasteiger partial charge is 0.477 e. The average Bonchev–Trinajstić information content (AvgIpc) is 2.58. The summed E-state index contributed by atoms with van der Waals surface area (Å²) in [5, 5.41) is 0.966. The van der Waals surface area contributed by atoms with Crippen LogP contribution >= 0.6 is 11.3 Å². The maximum absolute atomic E-state index is 5.64. The van der Waals surface area contributed by atoms with Crippen LogP contribution < -0.4 is 10.5 Å². The number of unbranched alkanes of at least 4 members (excludes halogenated alkanes) is 1. The molecule has 0 spiro atoms.